The number of hydrogen-bond donors (Lipinski definition) is 2. The number of nitrogens with two attached hydrogens (primary N) is 1. The quantitative estimate of drug-likeness (QED) is 0.857. The van der Waals surface area contributed by atoms with E-state index in [0.717, 1.165) is 25.7 Å². The smallest absolute Gasteiger partial charge is 0.234 e. The number of carbonyl (C=O) groups excluding carboxylic acids is 2. The largest absolute Gasteiger partial charge is 0.369 e. The van der Waals surface area contributed by atoms with Crippen LogP contribution in [-0.4, -0.2) is 16.8 Å². The Hall–Kier alpha value is -2.02. The Morgan fingerprint density at radius 2 is 2.17 bits per heavy atom. The number of aromatic nitrogens is 1. The molecule has 0 saturated heterocycles. The second kappa shape index (κ2) is 6.84. The Kier molecular flexibility index (Phi) is 4.80. The molecule has 0 aliphatic heterocycles. The van der Waals surface area contributed by atoms with Crippen LogP contribution in [-0.2, 0) is 15.0 Å². The molecule has 0 aromatic carbocycles. The molecule has 3 N–H and O–H groups in total. The summed E-state index contributed by atoms with van der Waals surface area (Å²) in [7, 11) is 0. The molecule has 5 nitrogen and oxygen atoms in total. The molecular formula is C17H20FN3O2S. The minimum Gasteiger partial charge on any atom is -0.369 e. The predicted octanol–water partition coefficient (Wildman–Crippen LogP) is 2.70. The number of rotatable bonds is 5. The van der Waals surface area contributed by atoms with E-state index in [1.54, 1.807) is 17.7 Å². The van der Waals surface area contributed by atoms with E-state index in [2.05, 4.69) is 10.3 Å². The third-order valence-electron chi connectivity index (χ3n) is 4.74. The highest BCUT2D eigenvalue weighted by Crippen LogP contribution is 2.38. The molecule has 2 aliphatic carbocycles. The summed E-state index contributed by atoms with van der Waals surface area (Å²) >= 11 is 1.26. The van der Waals surface area contributed by atoms with Gasteiger partial charge in [0.1, 0.15) is 16.2 Å². The van der Waals surface area contributed by atoms with Gasteiger partial charge in [0, 0.05) is 24.4 Å². The van der Waals surface area contributed by atoms with Crippen molar-refractivity contribution in [3.05, 3.63) is 40.3 Å². The topological polar surface area (TPSA) is 85.1 Å². The fourth-order valence-corrected chi connectivity index (χ4v) is 4.19. The lowest BCUT2D eigenvalue weighted by Crippen LogP contribution is -2.41. The summed E-state index contributed by atoms with van der Waals surface area (Å²) in [6.45, 7) is 0. The highest BCUT2D eigenvalue weighted by Gasteiger charge is 2.42. The Balaban J connectivity index is 1.72. The molecule has 1 saturated carbocycles. The lowest BCUT2D eigenvalue weighted by Gasteiger charge is -2.28. The number of allylic oxidation sites excluding steroid dienone is 2. The summed E-state index contributed by atoms with van der Waals surface area (Å²) in [4.78, 5) is 28.1. The first-order chi connectivity index (χ1) is 11.5. The fourth-order valence-electron chi connectivity index (χ4n) is 3.37. The molecule has 24 heavy (non-hydrogen) atoms. The summed E-state index contributed by atoms with van der Waals surface area (Å²) in [5.41, 5.74) is 4.35. The maximum Gasteiger partial charge on any atom is 0.234 e. The molecule has 128 valence electrons. The highest BCUT2D eigenvalue weighted by atomic mass is 32.1. The van der Waals surface area contributed by atoms with E-state index in [-0.39, 0.29) is 18.0 Å². The van der Waals surface area contributed by atoms with E-state index in [1.807, 2.05) is 0 Å². The van der Waals surface area contributed by atoms with Crippen molar-refractivity contribution in [2.45, 2.75) is 43.9 Å². The summed E-state index contributed by atoms with van der Waals surface area (Å²) in [5, 5.41) is 4.80. The maximum atomic E-state index is 14.6. The van der Waals surface area contributed by atoms with E-state index >= 15 is 0 Å². The summed E-state index contributed by atoms with van der Waals surface area (Å²) in [6, 6.07) is 0. The first-order valence-corrected chi connectivity index (χ1v) is 8.97. The van der Waals surface area contributed by atoms with Gasteiger partial charge in [-0.1, -0.05) is 18.9 Å². The first kappa shape index (κ1) is 16.8. The Morgan fingerprint density at radius 1 is 1.42 bits per heavy atom. The molecule has 1 atom stereocenters. The van der Waals surface area contributed by atoms with E-state index in [4.69, 9.17) is 5.73 Å². The molecule has 0 spiro atoms. The van der Waals surface area contributed by atoms with Crippen LogP contribution in [0.2, 0.25) is 0 Å². The van der Waals surface area contributed by atoms with Crippen LogP contribution < -0.4 is 11.1 Å². The highest BCUT2D eigenvalue weighted by molar-refractivity contribution is 7.09. The molecule has 2 aliphatic rings. The average molecular weight is 349 g/mol. The molecular weight excluding hydrogens is 329 g/mol. The van der Waals surface area contributed by atoms with Gasteiger partial charge in [-0.05, 0) is 24.8 Å². The van der Waals surface area contributed by atoms with Crippen LogP contribution in [0.15, 0.2) is 35.3 Å². The third-order valence-corrected chi connectivity index (χ3v) is 5.69. The van der Waals surface area contributed by atoms with Gasteiger partial charge in [0.25, 0.3) is 0 Å². The Labute approximate surface area is 143 Å². The van der Waals surface area contributed by atoms with Gasteiger partial charge in [0.2, 0.25) is 11.8 Å². The molecule has 0 bridgehead atoms. The van der Waals surface area contributed by atoms with E-state index in [0.29, 0.717) is 17.3 Å². The molecule has 7 heteroatoms. The van der Waals surface area contributed by atoms with E-state index < -0.39 is 17.1 Å². The number of primary amides is 1. The van der Waals surface area contributed by atoms with Crippen LogP contribution in [0.3, 0.4) is 0 Å². The van der Waals surface area contributed by atoms with Gasteiger partial charge in [-0.2, -0.15) is 0 Å². The van der Waals surface area contributed by atoms with Crippen molar-refractivity contribution in [2.75, 3.05) is 0 Å². The van der Waals surface area contributed by atoms with Crippen molar-refractivity contribution in [1.29, 1.82) is 0 Å². The molecule has 2 amide bonds. The number of thiazole rings is 1. The third kappa shape index (κ3) is 3.26. The number of carbonyl (C=O) groups is 2. The molecule has 3 rings (SSSR count). The lowest BCUT2D eigenvalue weighted by atomic mass is 9.80. The summed E-state index contributed by atoms with van der Waals surface area (Å²) < 4.78 is 14.6. The lowest BCUT2D eigenvalue weighted by molar-refractivity contribution is -0.122. The minimum absolute atomic E-state index is 0.117. The van der Waals surface area contributed by atoms with Crippen LogP contribution in [0.1, 0.15) is 43.5 Å². The zero-order valence-corrected chi connectivity index (χ0v) is 14.1. The molecule has 1 aromatic heterocycles. The van der Waals surface area contributed by atoms with Crippen molar-refractivity contribution in [2.24, 2.45) is 11.7 Å². The van der Waals surface area contributed by atoms with Crippen molar-refractivity contribution in [3.8, 4) is 0 Å². The Bertz CT molecular complexity index is 693. The molecule has 1 heterocycles. The van der Waals surface area contributed by atoms with Crippen LogP contribution in [0, 0.1) is 5.92 Å². The number of hydrogen-bond acceptors (Lipinski definition) is 4. The summed E-state index contributed by atoms with van der Waals surface area (Å²) in [5.74, 6) is -0.995. The Morgan fingerprint density at radius 3 is 2.75 bits per heavy atom. The van der Waals surface area contributed by atoms with Crippen molar-refractivity contribution in [3.63, 3.8) is 0 Å². The van der Waals surface area contributed by atoms with E-state index in [1.165, 1.54) is 17.4 Å². The summed E-state index contributed by atoms with van der Waals surface area (Å²) in [6.07, 6.45) is 9.15. The van der Waals surface area contributed by atoms with Crippen LogP contribution >= 0.6 is 11.3 Å². The second-order valence-electron chi connectivity index (χ2n) is 6.40. The zero-order valence-electron chi connectivity index (χ0n) is 13.3. The maximum absolute atomic E-state index is 14.6. The fraction of sp³-hybridized carbons (Fsp3) is 0.471. The number of halogens is 1. The van der Waals surface area contributed by atoms with E-state index in [9.17, 15) is 14.0 Å². The van der Waals surface area contributed by atoms with Crippen LogP contribution in [0.25, 0.3) is 0 Å². The van der Waals surface area contributed by atoms with Gasteiger partial charge in [0.15, 0.2) is 0 Å². The molecule has 1 unspecified atom stereocenters. The van der Waals surface area contributed by atoms with Crippen LogP contribution in [0.5, 0.6) is 0 Å². The van der Waals surface area contributed by atoms with Gasteiger partial charge < -0.3 is 11.1 Å². The standard InChI is InChI=1S/C17H20FN3O2S/c18-12-10-17(15(19)23,16-20-7-8-24-16)6-5-13(12)21-14(22)9-11-3-1-2-4-11/h5-8,11H,1-4,9-10H2,(H2,19,23)(H,21,22). The van der Waals surface area contributed by atoms with Gasteiger partial charge in [-0.25, -0.2) is 9.37 Å². The molecule has 0 radical (unpaired) electrons. The van der Waals surface area contributed by atoms with Crippen LogP contribution in [0.4, 0.5) is 4.39 Å². The first-order valence-electron chi connectivity index (χ1n) is 8.09. The van der Waals surface area contributed by atoms with Crippen molar-refractivity contribution < 1.29 is 14.0 Å². The molecule has 1 fully saturated rings. The predicted molar refractivity (Wildman–Crippen MR) is 89.6 cm³/mol. The number of amides is 2. The number of nitrogens with zero attached hydrogens (tertiary/aromatic N) is 1. The second-order valence-corrected chi connectivity index (χ2v) is 7.30. The average Bonchev–Trinajstić information content (AvgIpc) is 3.22. The van der Waals surface area contributed by atoms with Gasteiger partial charge >= 0.3 is 0 Å². The minimum atomic E-state index is -1.28. The van der Waals surface area contributed by atoms with Gasteiger partial charge in [0.05, 0.1) is 5.70 Å². The number of nitrogens with one attached hydrogen (secondary N) is 1. The van der Waals surface area contributed by atoms with Gasteiger partial charge in [-0.3, -0.25) is 9.59 Å². The zero-order chi connectivity index (χ0) is 17.2. The van der Waals surface area contributed by atoms with Crippen molar-refractivity contribution in [1.82, 2.24) is 10.3 Å². The SMILES string of the molecule is NC(=O)C1(c2nccs2)C=CC(NC(=O)CC2CCCC2)=C(F)C1. The van der Waals surface area contributed by atoms with Crippen molar-refractivity contribution >= 4 is 23.2 Å². The normalized spacial score (nSPS) is 24.4. The molecule has 1 aromatic rings. The van der Waals surface area contributed by atoms with Gasteiger partial charge in [-0.15, -0.1) is 11.3 Å². The monoisotopic (exact) mass is 349 g/mol.